The first-order chi connectivity index (χ1) is 36.1. The number of hydrogen-bond donors (Lipinski definition) is 3. The monoisotopic (exact) mass is 1260 g/mol. The molecule has 8 rings (SSSR count). The summed E-state index contributed by atoms with van der Waals surface area (Å²) in [6.45, 7) is 0. The largest absolute Gasteiger partial charge is 1.00 e. The molecule has 0 bridgehead atoms. The van der Waals surface area contributed by atoms with Crippen LogP contribution in [0.25, 0.3) is 32.7 Å². The molecular formula is C46H30N7Na5O19S5. The average molecular weight is 1260 g/mol. The molecule has 82 heavy (non-hydrogen) atoms. The fourth-order valence-corrected chi connectivity index (χ4v) is 10.6. The smallest absolute Gasteiger partial charge is 0.871 e. The summed E-state index contributed by atoms with van der Waals surface area (Å²) >= 11 is 0. The van der Waals surface area contributed by atoms with E-state index >= 15 is 0 Å². The van der Waals surface area contributed by atoms with Gasteiger partial charge in [0, 0.05) is 11.1 Å². The second-order valence-electron chi connectivity index (χ2n) is 15.9. The van der Waals surface area contributed by atoms with E-state index in [1.807, 2.05) is 0 Å². The summed E-state index contributed by atoms with van der Waals surface area (Å²) in [5.74, 6) is -2.75. The van der Waals surface area contributed by atoms with E-state index in [2.05, 4.69) is 36.0 Å². The molecule has 0 aliphatic carbocycles. The van der Waals surface area contributed by atoms with Gasteiger partial charge < -0.3 is 38.7 Å². The van der Waals surface area contributed by atoms with Crippen molar-refractivity contribution in [1.29, 1.82) is 0 Å². The molecule has 0 atom stereocenters. The predicted octanol–water partition coefficient (Wildman–Crippen LogP) is -6.96. The number of methoxy groups -OCH3 is 2. The zero-order valence-electron chi connectivity index (χ0n) is 43.7. The molecule has 0 heterocycles. The van der Waals surface area contributed by atoms with Gasteiger partial charge in [0.2, 0.25) is 0 Å². The maximum atomic E-state index is 14.2. The molecule has 0 fully saturated rings. The number of benzene rings is 8. The zero-order chi connectivity index (χ0) is 56.0. The van der Waals surface area contributed by atoms with Gasteiger partial charge in [0.25, 0.3) is 20.2 Å². The van der Waals surface area contributed by atoms with Crippen molar-refractivity contribution >= 4 is 118 Å². The molecule has 398 valence electrons. The normalized spacial score (nSPS) is 12.0. The van der Waals surface area contributed by atoms with Crippen molar-refractivity contribution in [2.75, 3.05) is 19.5 Å². The summed E-state index contributed by atoms with van der Waals surface area (Å²) in [4.78, 5) is -5.63. The van der Waals surface area contributed by atoms with E-state index in [0.29, 0.717) is 28.9 Å². The maximum absolute atomic E-state index is 14.2. The molecule has 0 spiro atoms. The van der Waals surface area contributed by atoms with Crippen LogP contribution < -0.4 is 173 Å². The number of para-hydroxylation sites is 1. The van der Waals surface area contributed by atoms with Crippen molar-refractivity contribution in [3.05, 3.63) is 127 Å². The fraction of sp³-hybridized carbons (Fsp3) is 0.0435. The number of ether oxygens (including phenoxy) is 2. The summed E-state index contributed by atoms with van der Waals surface area (Å²) in [5, 5.41) is 52.7. The number of azo groups is 3. The number of anilines is 2. The van der Waals surface area contributed by atoms with Crippen LogP contribution in [0.15, 0.2) is 183 Å². The molecular weight excluding hydrogens is 1230 g/mol. The Morgan fingerprint density at radius 3 is 1.41 bits per heavy atom. The average Bonchev–Trinajstić information content (AvgIpc) is 3.54. The van der Waals surface area contributed by atoms with Crippen LogP contribution in [0, 0.1) is 0 Å². The molecule has 8 aromatic carbocycles. The molecule has 0 amide bonds. The first-order valence-electron chi connectivity index (χ1n) is 21.1. The van der Waals surface area contributed by atoms with E-state index in [1.165, 1.54) is 74.9 Å². The molecule has 0 saturated heterocycles. The first kappa shape index (κ1) is 72.9. The van der Waals surface area contributed by atoms with Crippen molar-refractivity contribution in [3.63, 3.8) is 0 Å². The van der Waals surface area contributed by atoms with E-state index in [9.17, 15) is 75.1 Å². The molecule has 0 aliphatic rings. The van der Waals surface area contributed by atoms with Gasteiger partial charge in [0.1, 0.15) is 68.7 Å². The summed E-state index contributed by atoms with van der Waals surface area (Å²) < 4.78 is 188. The molecule has 8 aromatic rings. The van der Waals surface area contributed by atoms with Crippen LogP contribution in [0.4, 0.5) is 45.5 Å². The topological polar surface area (TPSA) is 431 Å². The Balaban J connectivity index is 0.00000353. The Kier molecular flexibility index (Phi) is 25.7. The quantitative estimate of drug-likeness (QED) is 0.0460. The molecule has 0 unspecified atom stereocenters. The molecule has 0 saturated carbocycles. The van der Waals surface area contributed by atoms with Gasteiger partial charge in [0.15, 0.2) is 0 Å². The van der Waals surface area contributed by atoms with Crippen LogP contribution in [-0.2, 0) is 50.6 Å². The molecule has 0 aliphatic heterocycles. The van der Waals surface area contributed by atoms with Gasteiger partial charge >= 0.3 is 148 Å². The third-order valence-electron chi connectivity index (χ3n) is 11.0. The van der Waals surface area contributed by atoms with Crippen LogP contribution in [0.3, 0.4) is 0 Å². The standard InChI is InChI=1S/C46H35N7O19S5.5Na/c1-71-36-19-24(25-9-16-34(37(20-25)72-2)50-53-44-39(76(65,66)67)21-26-18-30(74(59,60)61)22-38(75(62,63)64)41(26)46(44)55)8-15-33(36)49-52-43-40(77(68,69)70)23-32-31(45(43)54)14-17-35(47-27-6-4-3-5-7-27)42(32)51-48-28-10-12-29(13-11-28)73(56,57)58;;;;;/h3-23,47,54-55H,1-2H3,(H,56,57,58)(H,59,60,61)(H,62,63,64)(H,65,66,67)(H,68,69,70);;;;;/q;5*+1/p-5. The number of fused-ring (bicyclic) bond motifs is 2. The number of hydrogen-bond acceptors (Lipinski definition) is 24. The van der Waals surface area contributed by atoms with Crippen molar-refractivity contribution in [3.8, 4) is 34.1 Å². The van der Waals surface area contributed by atoms with Gasteiger partial charge in [-0.1, -0.05) is 47.9 Å². The van der Waals surface area contributed by atoms with Crippen molar-refractivity contribution < 1.29 is 232 Å². The van der Waals surface area contributed by atoms with Gasteiger partial charge in [-0.05, 0) is 118 Å². The van der Waals surface area contributed by atoms with Crippen LogP contribution in [0.5, 0.6) is 23.0 Å². The summed E-state index contributed by atoms with van der Waals surface area (Å²) in [5.41, 5.74) is -0.892. The molecule has 36 heteroatoms. The predicted molar refractivity (Wildman–Crippen MR) is 264 cm³/mol. The second-order valence-corrected chi connectivity index (χ2v) is 22.7. The van der Waals surface area contributed by atoms with E-state index in [4.69, 9.17) is 9.47 Å². The van der Waals surface area contributed by atoms with Crippen molar-refractivity contribution in [1.82, 2.24) is 0 Å². The minimum atomic E-state index is -5.72. The van der Waals surface area contributed by atoms with Gasteiger partial charge in [0.05, 0.1) is 51.7 Å². The number of rotatable bonds is 16. The van der Waals surface area contributed by atoms with E-state index < -0.39 is 109 Å². The van der Waals surface area contributed by atoms with Crippen molar-refractivity contribution in [2.24, 2.45) is 30.7 Å². The van der Waals surface area contributed by atoms with Crippen LogP contribution in [0.2, 0.25) is 0 Å². The van der Waals surface area contributed by atoms with E-state index in [-0.39, 0.29) is 205 Å². The fourth-order valence-electron chi connectivity index (χ4n) is 7.48. The Morgan fingerprint density at radius 1 is 0.451 bits per heavy atom. The summed E-state index contributed by atoms with van der Waals surface area (Å²) in [7, 11) is -24.2. The van der Waals surface area contributed by atoms with Crippen molar-refractivity contribution in [2.45, 2.75) is 24.5 Å². The van der Waals surface area contributed by atoms with Gasteiger partial charge in [-0.2, -0.15) is 21.9 Å². The maximum Gasteiger partial charge on any atom is 1.00 e. The molecule has 26 nitrogen and oxygen atoms in total. The Morgan fingerprint density at radius 2 is 0.939 bits per heavy atom. The van der Waals surface area contributed by atoms with Gasteiger partial charge in [-0.25, -0.2) is 25.3 Å². The van der Waals surface area contributed by atoms with Crippen LogP contribution >= 0.6 is 0 Å². The number of nitrogens with zero attached hydrogens (tertiary/aromatic N) is 6. The van der Waals surface area contributed by atoms with E-state index in [0.717, 1.165) is 18.2 Å². The Bertz CT molecular complexity index is 4460. The van der Waals surface area contributed by atoms with Gasteiger partial charge in [-0.15, -0.1) is 25.6 Å². The second kappa shape index (κ2) is 28.9. The Labute approximate surface area is 578 Å². The third-order valence-corrected chi connectivity index (χ3v) is 15.3. The minimum Gasteiger partial charge on any atom is -0.871 e. The Hall–Kier alpha value is -3.37. The SMILES string of the molecule is COc1cc(-c2ccc(N=Nc3c(S(=O)(=O)O)cc4cc(S(=O)(=O)[O-])cc(S(=O)(=O)[O-])c4c3[O-])c(OC)c2)ccc1N=Nc1c(S(=O)(=O)O)cc2c(N=Nc3ccc(S(=O)(=O)[O-])cc3)c(Nc3ccccc3)ccc2c1[O-].[Na+].[Na+].[Na+].[Na+].[Na+]. The first-order valence-corrected chi connectivity index (χ1v) is 28.2. The third kappa shape index (κ3) is 16.6. The summed E-state index contributed by atoms with van der Waals surface area (Å²) in [6.07, 6.45) is 0. The molecule has 3 N–H and O–H groups in total. The molecule has 0 radical (unpaired) electrons. The molecule has 0 aromatic heterocycles. The zero-order valence-corrected chi connectivity index (χ0v) is 57.8. The van der Waals surface area contributed by atoms with Crippen LogP contribution in [-0.4, -0.2) is 79.1 Å². The van der Waals surface area contributed by atoms with E-state index in [1.54, 1.807) is 30.3 Å². The van der Waals surface area contributed by atoms with Crippen LogP contribution in [0.1, 0.15) is 0 Å². The van der Waals surface area contributed by atoms with Gasteiger partial charge in [-0.3, -0.25) is 9.11 Å². The number of nitrogens with one attached hydrogen (secondary N) is 1. The minimum absolute atomic E-state index is 0. The summed E-state index contributed by atoms with van der Waals surface area (Å²) in [6, 6.07) is 26.0.